The molecule has 0 saturated heterocycles. The lowest BCUT2D eigenvalue weighted by molar-refractivity contribution is 1.30. The van der Waals surface area contributed by atoms with E-state index in [9.17, 15) is 0 Å². The number of halogens is 2. The third-order valence-corrected chi connectivity index (χ3v) is 8.06. The summed E-state index contributed by atoms with van der Waals surface area (Å²) in [5.41, 5.74) is 7.28. The Morgan fingerprint density at radius 2 is 0.957 bits per heavy atom. The molecule has 0 aliphatic rings. The molecule has 0 saturated carbocycles. The summed E-state index contributed by atoms with van der Waals surface area (Å²) in [5.74, 6) is 0. The minimum atomic E-state index is 0.849. The molecule has 0 radical (unpaired) electrons. The van der Waals surface area contributed by atoms with Crippen LogP contribution in [0.4, 0.5) is 5.69 Å². The van der Waals surface area contributed by atoms with Crippen LogP contribution in [-0.4, -0.2) is 0 Å². The van der Waals surface area contributed by atoms with Crippen LogP contribution in [0, 0.1) is 7.14 Å². The Balaban J connectivity index is 1.90. The minimum Gasteiger partial charge on any atom is -0.397 e. The molecule has 0 bridgehead atoms. The zero-order valence-corrected chi connectivity index (χ0v) is 17.9. The summed E-state index contributed by atoms with van der Waals surface area (Å²) >= 11 is 8.17. The van der Waals surface area contributed by atoms with Gasteiger partial charge in [0.2, 0.25) is 0 Å². The summed E-state index contributed by atoms with van der Waals surface area (Å²) in [5, 5.41) is 0. The first-order valence-corrected chi connectivity index (χ1v) is 10.7. The maximum absolute atomic E-state index is 6.43. The van der Waals surface area contributed by atoms with Gasteiger partial charge in [0.25, 0.3) is 0 Å². The van der Waals surface area contributed by atoms with Gasteiger partial charge in [0.1, 0.15) is 0 Å². The third kappa shape index (κ3) is 4.37. The fourth-order valence-electron chi connectivity index (χ4n) is 1.99. The van der Waals surface area contributed by atoms with Gasteiger partial charge in [-0.1, -0.05) is 53.9 Å². The molecule has 23 heavy (non-hydrogen) atoms. The normalized spacial score (nSPS) is 10.7. The van der Waals surface area contributed by atoms with E-state index in [0.29, 0.717) is 0 Å². The molecular weight excluding hydrogens is 548 g/mol. The lowest BCUT2D eigenvalue weighted by Gasteiger charge is -2.12. The van der Waals surface area contributed by atoms with Crippen molar-refractivity contribution in [1.29, 1.82) is 0 Å². The van der Waals surface area contributed by atoms with Gasteiger partial charge in [0.15, 0.2) is 0 Å². The van der Waals surface area contributed by atoms with E-state index in [-0.39, 0.29) is 0 Å². The quantitative estimate of drug-likeness (QED) is 0.281. The number of nitrogen functional groups attached to an aromatic ring is 1. The van der Waals surface area contributed by atoms with Gasteiger partial charge in [0, 0.05) is 26.7 Å². The van der Waals surface area contributed by atoms with Crippen molar-refractivity contribution in [3.63, 3.8) is 0 Å². The highest BCUT2D eigenvalue weighted by Gasteiger charge is 2.10. The molecular formula is C18H13I2NS2. The second-order valence-electron chi connectivity index (χ2n) is 4.73. The SMILES string of the molecule is Nc1c(Sc2ccccc2I)cccc1Sc1ccccc1I. The Labute approximate surface area is 172 Å². The van der Waals surface area contributed by atoms with Crippen LogP contribution in [0.15, 0.2) is 86.3 Å². The summed E-state index contributed by atoms with van der Waals surface area (Å²) in [6.45, 7) is 0. The van der Waals surface area contributed by atoms with Crippen LogP contribution in [0.3, 0.4) is 0 Å². The summed E-state index contributed by atoms with van der Waals surface area (Å²) in [6.07, 6.45) is 0. The van der Waals surface area contributed by atoms with Crippen molar-refractivity contribution in [2.24, 2.45) is 0 Å². The first-order chi connectivity index (χ1) is 11.1. The number of benzene rings is 3. The molecule has 0 amide bonds. The van der Waals surface area contributed by atoms with Gasteiger partial charge >= 0.3 is 0 Å². The molecule has 2 N–H and O–H groups in total. The molecule has 3 rings (SSSR count). The predicted molar refractivity (Wildman–Crippen MR) is 117 cm³/mol. The van der Waals surface area contributed by atoms with Crippen molar-refractivity contribution in [1.82, 2.24) is 0 Å². The summed E-state index contributed by atoms with van der Waals surface area (Å²) in [6, 6.07) is 23.0. The monoisotopic (exact) mass is 561 g/mol. The molecule has 1 nitrogen and oxygen atoms in total. The molecule has 0 aliphatic carbocycles. The van der Waals surface area contributed by atoms with Crippen molar-refractivity contribution >= 4 is 74.4 Å². The van der Waals surface area contributed by atoms with E-state index in [1.165, 1.54) is 16.9 Å². The lowest BCUT2D eigenvalue weighted by atomic mass is 10.3. The molecule has 0 spiro atoms. The summed E-state index contributed by atoms with van der Waals surface area (Å²) in [7, 11) is 0. The van der Waals surface area contributed by atoms with Crippen LogP contribution in [-0.2, 0) is 0 Å². The number of para-hydroxylation sites is 1. The maximum atomic E-state index is 6.43. The smallest absolute Gasteiger partial charge is 0.0597 e. The Kier molecular flexibility index (Phi) is 6.17. The Morgan fingerprint density at radius 1 is 0.565 bits per heavy atom. The van der Waals surface area contributed by atoms with Crippen molar-refractivity contribution in [3.05, 3.63) is 73.9 Å². The first-order valence-electron chi connectivity index (χ1n) is 6.88. The van der Waals surface area contributed by atoms with Crippen LogP contribution >= 0.6 is 68.7 Å². The van der Waals surface area contributed by atoms with E-state index in [1.54, 1.807) is 23.5 Å². The third-order valence-electron chi connectivity index (χ3n) is 3.14. The molecule has 3 aromatic rings. The predicted octanol–water partition coefficient (Wildman–Crippen LogP) is 6.78. The molecule has 0 aliphatic heterocycles. The summed E-state index contributed by atoms with van der Waals surface area (Å²) in [4.78, 5) is 4.67. The van der Waals surface area contributed by atoms with Gasteiger partial charge in [-0.3, -0.25) is 0 Å². The van der Waals surface area contributed by atoms with Crippen molar-refractivity contribution in [3.8, 4) is 0 Å². The van der Waals surface area contributed by atoms with E-state index in [0.717, 1.165) is 15.5 Å². The van der Waals surface area contributed by atoms with Crippen molar-refractivity contribution in [2.45, 2.75) is 19.6 Å². The van der Waals surface area contributed by atoms with Gasteiger partial charge in [-0.05, 0) is 81.6 Å². The lowest BCUT2D eigenvalue weighted by Crippen LogP contribution is -1.92. The standard InChI is InChI=1S/C18H13I2NS2/c19-12-6-1-3-8-14(12)22-16-10-5-11-17(18(16)21)23-15-9-4-2-7-13(15)20/h1-11H,21H2. The first kappa shape index (κ1) is 17.4. The van der Waals surface area contributed by atoms with Crippen LogP contribution < -0.4 is 5.73 Å². The number of hydrogen-bond donors (Lipinski definition) is 1. The Hall–Kier alpha value is -0.380. The van der Waals surface area contributed by atoms with E-state index in [4.69, 9.17) is 5.73 Å². The van der Waals surface area contributed by atoms with Gasteiger partial charge in [-0.15, -0.1) is 0 Å². The Morgan fingerprint density at radius 3 is 1.39 bits per heavy atom. The van der Waals surface area contributed by atoms with Crippen molar-refractivity contribution in [2.75, 3.05) is 5.73 Å². The topological polar surface area (TPSA) is 26.0 Å². The second-order valence-corrected chi connectivity index (χ2v) is 9.22. The zero-order chi connectivity index (χ0) is 16.2. The van der Waals surface area contributed by atoms with Gasteiger partial charge in [0.05, 0.1) is 5.69 Å². The van der Waals surface area contributed by atoms with Gasteiger partial charge in [-0.25, -0.2) is 0 Å². The molecule has 116 valence electrons. The van der Waals surface area contributed by atoms with Crippen molar-refractivity contribution < 1.29 is 0 Å². The Bertz CT molecular complexity index is 771. The second kappa shape index (κ2) is 8.13. The minimum absolute atomic E-state index is 0.849. The zero-order valence-electron chi connectivity index (χ0n) is 12.0. The van der Waals surface area contributed by atoms with E-state index >= 15 is 0 Å². The average molecular weight is 561 g/mol. The van der Waals surface area contributed by atoms with Crippen LogP contribution in [0.5, 0.6) is 0 Å². The molecule has 0 unspecified atom stereocenters. The van der Waals surface area contributed by atoms with Crippen LogP contribution in [0.2, 0.25) is 0 Å². The molecule has 0 heterocycles. The van der Waals surface area contributed by atoms with E-state index < -0.39 is 0 Å². The molecule has 0 aromatic heterocycles. The highest BCUT2D eigenvalue weighted by atomic mass is 127. The molecule has 5 heteroatoms. The molecule has 0 atom stereocenters. The fraction of sp³-hybridized carbons (Fsp3) is 0. The van der Waals surface area contributed by atoms with Gasteiger partial charge < -0.3 is 5.73 Å². The average Bonchev–Trinajstić information content (AvgIpc) is 2.55. The molecule has 0 fully saturated rings. The number of nitrogens with two attached hydrogens (primary N) is 1. The van der Waals surface area contributed by atoms with Crippen LogP contribution in [0.25, 0.3) is 0 Å². The highest BCUT2D eigenvalue weighted by molar-refractivity contribution is 14.1. The number of anilines is 1. The van der Waals surface area contributed by atoms with Crippen LogP contribution in [0.1, 0.15) is 0 Å². The largest absolute Gasteiger partial charge is 0.397 e. The molecule has 3 aromatic carbocycles. The highest BCUT2D eigenvalue weighted by Crippen LogP contribution is 2.41. The maximum Gasteiger partial charge on any atom is 0.0597 e. The number of hydrogen-bond acceptors (Lipinski definition) is 3. The number of rotatable bonds is 4. The van der Waals surface area contributed by atoms with E-state index in [2.05, 4.69) is 112 Å². The summed E-state index contributed by atoms with van der Waals surface area (Å²) < 4.78 is 2.48. The fourth-order valence-corrected chi connectivity index (χ4v) is 5.33. The van der Waals surface area contributed by atoms with Gasteiger partial charge in [-0.2, -0.15) is 0 Å². The van der Waals surface area contributed by atoms with E-state index in [1.807, 2.05) is 0 Å².